The van der Waals surface area contributed by atoms with Crippen molar-refractivity contribution >= 4 is 24.4 Å². The molecule has 7 heteroatoms. The number of anilines is 1. The van der Waals surface area contributed by atoms with E-state index in [9.17, 15) is 9.59 Å². The highest BCUT2D eigenvalue weighted by Gasteiger charge is 2.22. The Kier molecular flexibility index (Phi) is 5.74. The SMILES string of the molecule is CN=CNc1oc(C)c(C(=O)NCCOC)c1C=O. The average Bonchev–Trinajstić information content (AvgIpc) is 2.72. The third-order valence-electron chi connectivity index (χ3n) is 2.38. The van der Waals surface area contributed by atoms with Gasteiger partial charge in [-0.25, -0.2) is 0 Å². The third-order valence-corrected chi connectivity index (χ3v) is 2.38. The maximum Gasteiger partial charge on any atom is 0.255 e. The van der Waals surface area contributed by atoms with Gasteiger partial charge in [-0.1, -0.05) is 0 Å². The molecule has 7 nitrogen and oxygen atoms in total. The zero-order valence-corrected chi connectivity index (χ0v) is 11.1. The van der Waals surface area contributed by atoms with Crippen molar-refractivity contribution in [1.82, 2.24) is 5.32 Å². The number of hydrogen-bond acceptors (Lipinski definition) is 5. The van der Waals surface area contributed by atoms with Gasteiger partial charge in [0.05, 0.1) is 24.1 Å². The lowest BCUT2D eigenvalue weighted by molar-refractivity contribution is 0.0931. The van der Waals surface area contributed by atoms with Gasteiger partial charge < -0.3 is 19.8 Å². The third kappa shape index (κ3) is 3.65. The van der Waals surface area contributed by atoms with Gasteiger partial charge in [0.1, 0.15) is 5.76 Å². The number of rotatable bonds is 7. The number of furan rings is 1. The fourth-order valence-electron chi connectivity index (χ4n) is 1.54. The van der Waals surface area contributed by atoms with Crippen LogP contribution in [0.2, 0.25) is 0 Å². The molecule has 0 radical (unpaired) electrons. The molecule has 0 aliphatic carbocycles. The van der Waals surface area contributed by atoms with E-state index in [4.69, 9.17) is 9.15 Å². The minimum absolute atomic E-state index is 0.173. The Labute approximate surface area is 111 Å². The number of carbonyl (C=O) groups excluding carboxylic acids is 2. The van der Waals surface area contributed by atoms with Crippen molar-refractivity contribution in [1.29, 1.82) is 0 Å². The van der Waals surface area contributed by atoms with Gasteiger partial charge in [0.25, 0.3) is 5.91 Å². The summed E-state index contributed by atoms with van der Waals surface area (Å²) in [6, 6.07) is 0. The molecule has 0 aliphatic rings. The number of hydrogen-bond donors (Lipinski definition) is 2. The van der Waals surface area contributed by atoms with Crippen LogP contribution >= 0.6 is 0 Å². The van der Waals surface area contributed by atoms with Crippen molar-refractivity contribution in [3.63, 3.8) is 0 Å². The van der Waals surface area contributed by atoms with Crippen LogP contribution < -0.4 is 10.6 Å². The van der Waals surface area contributed by atoms with Crippen LogP contribution in [0.4, 0.5) is 5.88 Å². The molecule has 1 aromatic rings. The predicted octanol–water partition coefficient (Wildman–Crippen LogP) is 0.847. The molecule has 0 unspecified atom stereocenters. The summed E-state index contributed by atoms with van der Waals surface area (Å²) in [5, 5.41) is 5.34. The Hall–Kier alpha value is -2.15. The number of nitrogens with one attached hydrogen (secondary N) is 2. The van der Waals surface area contributed by atoms with Crippen molar-refractivity contribution in [3.8, 4) is 0 Å². The second-order valence-corrected chi connectivity index (χ2v) is 3.67. The normalized spacial score (nSPS) is 10.7. The molecule has 0 spiro atoms. The van der Waals surface area contributed by atoms with E-state index < -0.39 is 0 Å². The lowest BCUT2D eigenvalue weighted by Gasteiger charge is -2.03. The number of aryl methyl sites for hydroxylation is 1. The highest BCUT2D eigenvalue weighted by Crippen LogP contribution is 2.25. The lowest BCUT2D eigenvalue weighted by atomic mass is 10.1. The molecular formula is C12H17N3O4. The molecule has 0 fully saturated rings. The standard InChI is InChI=1S/C12H17N3O4/c1-8-10(11(17)14-4-5-18-3)9(6-16)12(19-8)15-7-13-2/h6-7H,4-5H2,1-3H3,(H,13,15)(H,14,17). The van der Waals surface area contributed by atoms with Gasteiger partial charge in [0, 0.05) is 20.7 Å². The van der Waals surface area contributed by atoms with Crippen molar-refractivity contribution in [3.05, 3.63) is 16.9 Å². The first kappa shape index (κ1) is 14.9. The second kappa shape index (κ2) is 7.32. The molecule has 19 heavy (non-hydrogen) atoms. The van der Waals surface area contributed by atoms with Gasteiger partial charge in [-0.05, 0) is 6.92 Å². The summed E-state index contributed by atoms with van der Waals surface area (Å²) in [4.78, 5) is 26.8. The van der Waals surface area contributed by atoms with Crippen molar-refractivity contribution in [2.24, 2.45) is 4.99 Å². The van der Waals surface area contributed by atoms with Crippen LogP contribution in [-0.2, 0) is 4.74 Å². The van der Waals surface area contributed by atoms with Gasteiger partial charge in [-0.2, -0.15) is 0 Å². The molecule has 0 atom stereocenters. The zero-order chi connectivity index (χ0) is 14.3. The summed E-state index contributed by atoms with van der Waals surface area (Å²) in [6.07, 6.45) is 1.95. The maximum absolute atomic E-state index is 12.0. The van der Waals surface area contributed by atoms with Crippen LogP contribution in [0, 0.1) is 6.92 Å². The van der Waals surface area contributed by atoms with Gasteiger partial charge in [0.2, 0.25) is 5.88 Å². The number of nitrogens with zero attached hydrogens (tertiary/aromatic N) is 1. The Balaban J connectivity index is 2.95. The molecule has 1 rings (SSSR count). The second-order valence-electron chi connectivity index (χ2n) is 3.67. The first-order valence-electron chi connectivity index (χ1n) is 5.68. The van der Waals surface area contributed by atoms with Crippen LogP contribution in [0.15, 0.2) is 9.41 Å². The monoisotopic (exact) mass is 267 g/mol. The molecule has 0 saturated carbocycles. The molecule has 104 valence electrons. The zero-order valence-electron chi connectivity index (χ0n) is 11.1. The number of methoxy groups -OCH3 is 1. The summed E-state index contributed by atoms with van der Waals surface area (Å²) >= 11 is 0. The van der Waals surface area contributed by atoms with Gasteiger partial charge in [-0.15, -0.1) is 0 Å². The summed E-state index contributed by atoms with van der Waals surface area (Å²) in [5.41, 5.74) is 0.394. The van der Waals surface area contributed by atoms with Gasteiger partial charge in [-0.3, -0.25) is 14.6 Å². The largest absolute Gasteiger partial charge is 0.444 e. The van der Waals surface area contributed by atoms with E-state index in [1.165, 1.54) is 13.4 Å². The van der Waals surface area contributed by atoms with E-state index >= 15 is 0 Å². The van der Waals surface area contributed by atoms with Crippen LogP contribution in [0.25, 0.3) is 0 Å². The summed E-state index contributed by atoms with van der Waals surface area (Å²) in [6.45, 7) is 2.37. The molecule has 0 aromatic carbocycles. The van der Waals surface area contributed by atoms with E-state index in [1.807, 2.05) is 0 Å². The highest BCUT2D eigenvalue weighted by molar-refractivity contribution is 6.05. The predicted molar refractivity (Wildman–Crippen MR) is 71.1 cm³/mol. The van der Waals surface area contributed by atoms with Crippen molar-refractivity contribution in [2.75, 3.05) is 32.6 Å². The van der Waals surface area contributed by atoms with Gasteiger partial charge >= 0.3 is 0 Å². The number of aliphatic imine (C=N–C) groups is 1. The van der Waals surface area contributed by atoms with E-state index in [2.05, 4.69) is 15.6 Å². The molecule has 0 aliphatic heterocycles. The molecule has 1 heterocycles. The first-order chi connectivity index (χ1) is 9.15. The highest BCUT2D eigenvalue weighted by atomic mass is 16.5. The van der Waals surface area contributed by atoms with E-state index in [0.29, 0.717) is 25.2 Å². The quantitative estimate of drug-likeness (QED) is 0.330. The molecule has 1 aromatic heterocycles. The van der Waals surface area contributed by atoms with Crippen molar-refractivity contribution in [2.45, 2.75) is 6.92 Å². The van der Waals surface area contributed by atoms with Crippen LogP contribution in [-0.4, -0.2) is 45.8 Å². The number of ether oxygens (including phenoxy) is 1. The smallest absolute Gasteiger partial charge is 0.255 e. The Morgan fingerprint density at radius 2 is 2.26 bits per heavy atom. The Morgan fingerprint density at radius 1 is 1.53 bits per heavy atom. The van der Waals surface area contributed by atoms with Crippen LogP contribution in [0.3, 0.4) is 0 Å². The summed E-state index contributed by atoms with van der Waals surface area (Å²) in [5.74, 6) is 0.195. The Morgan fingerprint density at radius 3 is 2.84 bits per heavy atom. The maximum atomic E-state index is 12.0. The number of aldehydes is 1. The minimum atomic E-state index is -0.373. The van der Waals surface area contributed by atoms with E-state index in [1.54, 1.807) is 14.0 Å². The average molecular weight is 267 g/mol. The molecule has 1 amide bonds. The van der Waals surface area contributed by atoms with E-state index in [0.717, 1.165) is 0 Å². The van der Waals surface area contributed by atoms with Crippen LogP contribution in [0.5, 0.6) is 0 Å². The fourth-order valence-corrected chi connectivity index (χ4v) is 1.54. The minimum Gasteiger partial charge on any atom is -0.444 e. The van der Waals surface area contributed by atoms with Crippen molar-refractivity contribution < 1.29 is 18.7 Å². The fraction of sp³-hybridized carbons (Fsp3) is 0.417. The Bertz CT molecular complexity index is 480. The van der Waals surface area contributed by atoms with E-state index in [-0.39, 0.29) is 22.9 Å². The van der Waals surface area contributed by atoms with Gasteiger partial charge in [0.15, 0.2) is 6.29 Å². The molecule has 0 bridgehead atoms. The molecular weight excluding hydrogens is 250 g/mol. The number of amides is 1. The summed E-state index contributed by atoms with van der Waals surface area (Å²) in [7, 11) is 3.11. The molecule has 0 saturated heterocycles. The lowest BCUT2D eigenvalue weighted by Crippen LogP contribution is -2.28. The van der Waals surface area contributed by atoms with Crippen LogP contribution in [0.1, 0.15) is 26.5 Å². The topological polar surface area (TPSA) is 92.9 Å². The summed E-state index contributed by atoms with van der Waals surface area (Å²) < 4.78 is 10.2. The first-order valence-corrected chi connectivity index (χ1v) is 5.68. The molecule has 2 N–H and O–H groups in total. The number of carbonyl (C=O) groups is 2.